The molecule has 0 fully saturated rings. The standard InChI is InChI=1S/C28H51N3O5/c1-33-18-10-4-12-20-35-24-26(36-21-13-5-11-19-34-2)23-31-28(32)27(16-8-9-17-29)30-22-25-14-6-3-7-15-25/h3,6-7,14-15,26-27,30H,4-5,8-13,16-24,29H2,1-2H3,(H,31,32)/t26?,27-/m0/s1. The molecule has 208 valence electrons. The number of nitrogens with one attached hydrogen (secondary N) is 2. The van der Waals surface area contributed by atoms with Crippen molar-refractivity contribution in [1.29, 1.82) is 0 Å². The molecular formula is C28H51N3O5. The first-order valence-corrected chi connectivity index (χ1v) is 13.6. The summed E-state index contributed by atoms with van der Waals surface area (Å²) < 4.78 is 22.2. The van der Waals surface area contributed by atoms with Gasteiger partial charge in [-0.15, -0.1) is 0 Å². The summed E-state index contributed by atoms with van der Waals surface area (Å²) in [6.07, 6.45) is 8.54. The molecule has 1 aromatic carbocycles. The van der Waals surface area contributed by atoms with Crippen LogP contribution in [0, 0.1) is 0 Å². The van der Waals surface area contributed by atoms with Crippen LogP contribution in [0.1, 0.15) is 63.4 Å². The molecule has 8 heteroatoms. The van der Waals surface area contributed by atoms with Gasteiger partial charge in [-0.1, -0.05) is 36.8 Å². The molecule has 36 heavy (non-hydrogen) atoms. The molecule has 0 aliphatic carbocycles. The Hall–Kier alpha value is -1.55. The molecule has 2 atom stereocenters. The fraction of sp³-hybridized carbons (Fsp3) is 0.750. The van der Waals surface area contributed by atoms with Gasteiger partial charge in [0.15, 0.2) is 0 Å². The minimum Gasteiger partial charge on any atom is -0.385 e. The molecule has 0 spiro atoms. The normalized spacial score (nSPS) is 13.0. The number of hydrogen-bond acceptors (Lipinski definition) is 7. The monoisotopic (exact) mass is 509 g/mol. The Morgan fingerprint density at radius 3 is 2.19 bits per heavy atom. The molecule has 8 nitrogen and oxygen atoms in total. The predicted molar refractivity (Wildman–Crippen MR) is 145 cm³/mol. The van der Waals surface area contributed by atoms with E-state index in [0.29, 0.717) is 39.5 Å². The summed E-state index contributed by atoms with van der Waals surface area (Å²) in [6.45, 7) is 5.07. The molecule has 0 aliphatic rings. The lowest BCUT2D eigenvalue weighted by atomic mass is 10.1. The maximum absolute atomic E-state index is 13.1. The lowest BCUT2D eigenvalue weighted by Crippen LogP contribution is -2.47. The maximum atomic E-state index is 13.1. The molecule has 0 radical (unpaired) electrons. The summed E-state index contributed by atoms with van der Waals surface area (Å²) in [7, 11) is 3.45. The Labute approximate surface area is 219 Å². The second-order valence-electron chi connectivity index (χ2n) is 9.12. The predicted octanol–water partition coefficient (Wildman–Crippen LogP) is 3.43. The number of nitrogens with two attached hydrogens (primary N) is 1. The highest BCUT2D eigenvalue weighted by Crippen LogP contribution is 2.06. The topological polar surface area (TPSA) is 104 Å². The Morgan fingerprint density at radius 1 is 0.861 bits per heavy atom. The lowest BCUT2D eigenvalue weighted by molar-refractivity contribution is -0.124. The van der Waals surface area contributed by atoms with Crippen LogP contribution in [-0.2, 0) is 30.3 Å². The van der Waals surface area contributed by atoms with Crippen molar-refractivity contribution in [2.24, 2.45) is 5.73 Å². The van der Waals surface area contributed by atoms with E-state index >= 15 is 0 Å². The van der Waals surface area contributed by atoms with Gasteiger partial charge < -0.3 is 35.3 Å². The number of rotatable bonds is 25. The van der Waals surface area contributed by atoms with Crippen LogP contribution in [0.2, 0.25) is 0 Å². The minimum atomic E-state index is -0.270. The Kier molecular flexibility index (Phi) is 21.5. The number of unbranched alkanes of at least 4 members (excludes halogenated alkanes) is 5. The lowest BCUT2D eigenvalue weighted by Gasteiger charge is -2.22. The van der Waals surface area contributed by atoms with Crippen LogP contribution < -0.4 is 16.4 Å². The zero-order valence-electron chi connectivity index (χ0n) is 22.7. The number of benzene rings is 1. The average Bonchev–Trinajstić information content (AvgIpc) is 2.90. The number of carbonyl (C=O) groups is 1. The molecule has 0 saturated carbocycles. The van der Waals surface area contributed by atoms with Crippen LogP contribution in [0.4, 0.5) is 0 Å². The highest BCUT2D eigenvalue weighted by Gasteiger charge is 2.19. The van der Waals surface area contributed by atoms with Gasteiger partial charge in [-0.3, -0.25) is 4.79 Å². The van der Waals surface area contributed by atoms with E-state index in [4.69, 9.17) is 24.7 Å². The van der Waals surface area contributed by atoms with Crippen LogP contribution in [0.25, 0.3) is 0 Å². The van der Waals surface area contributed by atoms with Gasteiger partial charge in [0.1, 0.15) is 0 Å². The summed E-state index contributed by atoms with van der Waals surface area (Å²) in [6, 6.07) is 9.86. The number of hydrogen-bond donors (Lipinski definition) is 3. The zero-order chi connectivity index (χ0) is 26.1. The molecule has 4 N–H and O–H groups in total. The van der Waals surface area contributed by atoms with Gasteiger partial charge in [0.05, 0.1) is 18.8 Å². The third-order valence-electron chi connectivity index (χ3n) is 5.95. The van der Waals surface area contributed by atoms with E-state index in [1.54, 1.807) is 14.2 Å². The van der Waals surface area contributed by atoms with E-state index in [-0.39, 0.29) is 18.1 Å². The number of amides is 1. The highest BCUT2D eigenvalue weighted by atomic mass is 16.5. The van der Waals surface area contributed by atoms with E-state index in [2.05, 4.69) is 22.8 Å². The van der Waals surface area contributed by atoms with Crippen molar-refractivity contribution in [3.05, 3.63) is 35.9 Å². The van der Waals surface area contributed by atoms with Crippen LogP contribution in [0.5, 0.6) is 0 Å². The van der Waals surface area contributed by atoms with Crippen LogP contribution >= 0.6 is 0 Å². The van der Waals surface area contributed by atoms with Crippen molar-refractivity contribution in [3.63, 3.8) is 0 Å². The molecule has 1 amide bonds. The summed E-state index contributed by atoms with van der Waals surface area (Å²) >= 11 is 0. The first-order valence-electron chi connectivity index (χ1n) is 13.6. The third-order valence-corrected chi connectivity index (χ3v) is 5.95. The largest absolute Gasteiger partial charge is 0.385 e. The summed E-state index contributed by atoms with van der Waals surface area (Å²) in [5, 5.41) is 6.52. The van der Waals surface area contributed by atoms with E-state index < -0.39 is 0 Å². The van der Waals surface area contributed by atoms with Gasteiger partial charge in [0.25, 0.3) is 0 Å². The number of ether oxygens (including phenoxy) is 4. The van der Waals surface area contributed by atoms with Crippen molar-refractivity contribution < 1.29 is 23.7 Å². The van der Waals surface area contributed by atoms with Crippen molar-refractivity contribution in [1.82, 2.24) is 10.6 Å². The molecule has 0 bridgehead atoms. The van der Waals surface area contributed by atoms with Gasteiger partial charge >= 0.3 is 0 Å². The summed E-state index contributed by atoms with van der Waals surface area (Å²) in [5.74, 6) is -0.00351. The molecule has 1 unspecified atom stereocenters. The fourth-order valence-electron chi connectivity index (χ4n) is 3.78. The molecule has 1 rings (SSSR count). The molecular weight excluding hydrogens is 458 g/mol. The number of methoxy groups -OCH3 is 2. The Morgan fingerprint density at radius 2 is 1.53 bits per heavy atom. The van der Waals surface area contributed by atoms with E-state index in [1.165, 1.54) is 0 Å². The Bertz CT molecular complexity index is 620. The van der Waals surface area contributed by atoms with Crippen molar-refractivity contribution >= 4 is 5.91 Å². The first-order chi connectivity index (χ1) is 17.7. The van der Waals surface area contributed by atoms with Crippen molar-refractivity contribution in [3.8, 4) is 0 Å². The third kappa shape index (κ3) is 17.8. The SMILES string of the molecule is COCCCCCOCC(CNC(=O)[C@H](CCCCN)NCc1ccccc1)OCCCCCOC. The second-order valence-corrected chi connectivity index (χ2v) is 9.12. The van der Waals surface area contributed by atoms with Gasteiger partial charge in [-0.2, -0.15) is 0 Å². The molecule has 0 heterocycles. The van der Waals surface area contributed by atoms with E-state index in [9.17, 15) is 4.79 Å². The van der Waals surface area contributed by atoms with Gasteiger partial charge in [-0.05, 0) is 63.5 Å². The molecule has 0 aromatic heterocycles. The first kappa shape index (κ1) is 32.5. The Balaban J connectivity index is 2.51. The maximum Gasteiger partial charge on any atom is 0.237 e. The van der Waals surface area contributed by atoms with Crippen LogP contribution in [0.15, 0.2) is 30.3 Å². The smallest absolute Gasteiger partial charge is 0.237 e. The van der Waals surface area contributed by atoms with Gasteiger partial charge in [0.2, 0.25) is 5.91 Å². The van der Waals surface area contributed by atoms with E-state index in [0.717, 1.165) is 76.6 Å². The molecule has 0 saturated heterocycles. The van der Waals surface area contributed by atoms with Crippen LogP contribution in [-0.4, -0.2) is 78.4 Å². The molecule has 0 aliphatic heterocycles. The van der Waals surface area contributed by atoms with E-state index in [1.807, 2.05) is 18.2 Å². The quantitative estimate of drug-likeness (QED) is 0.174. The zero-order valence-corrected chi connectivity index (χ0v) is 22.7. The summed E-state index contributed by atoms with van der Waals surface area (Å²) in [5.41, 5.74) is 6.82. The highest BCUT2D eigenvalue weighted by molar-refractivity contribution is 5.81. The van der Waals surface area contributed by atoms with Gasteiger partial charge in [-0.25, -0.2) is 0 Å². The van der Waals surface area contributed by atoms with Crippen molar-refractivity contribution in [2.75, 3.05) is 60.3 Å². The molecule has 1 aromatic rings. The van der Waals surface area contributed by atoms with Gasteiger partial charge in [0, 0.05) is 53.7 Å². The summed E-state index contributed by atoms with van der Waals surface area (Å²) in [4.78, 5) is 13.1. The van der Waals surface area contributed by atoms with Crippen molar-refractivity contribution in [2.45, 2.75) is 76.5 Å². The second kappa shape index (κ2) is 23.8. The van der Waals surface area contributed by atoms with Crippen LogP contribution in [0.3, 0.4) is 0 Å². The fourth-order valence-corrected chi connectivity index (χ4v) is 3.78. The minimum absolute atomic E-state index is 0.00351. The number of carbonyl (C=O) groups excluding carboxylic acids is 1. The average molecular weight is 510 g/mol.